The summed E-state index contributed by atoms with van der Waals surface area (Å²) in [6, 6.07) is 0. The van der Waals surface area contributed by atoms with Crippen LogP contribution < -0.4 is 0 Å². The van der Waals surface area contributed by atoms with Gasteiger partial charge in [0.25, 0.3) is 0 Å². The molecule has 0 spiro atoms. The SMILES string of the molecule is Cc1nc(-c2c(C)nn(C)c2C)nc(Cl)c1F. The van der Waals surface area contributed by atoms with Gasteiger partial charge in [-0.25, -0.2) is 14.4 Å². The number of hydrogen-bond donors (Lipinski definition) is 0. The number of nitrogens with zero attached hydrogens (tertiary/aromatic N) is 4. The van der Waals surface area contributed by atoms with Crippen LogP contribution in [-0.2, 0) is 7.05 Å². The van der Waals surface area contributed by atoms with E-state index in [0.717, 1.165) is 17.0 Å². The molecule has 2 rings (SSSR count). The minimum atomic E-state index is -0.574. The lowest BCUT2D eigenvalue weighted by molar-refractivity contribution is 0.603. The summed E-state index contributed by atoms with van der Waals surface area (Å²) in [4.78, 5) is 8.08. The molecule has 2 aromatic heterocycles. The van der Waals surface area contributed by atoms with Crippen molar-refractivity contribution in [2.75, 3.05) is 0 Å². The van der Waals surface area contributed by atoms with Gasteiger partial charge in [-0.15, -0.1) is 0 Å². The molecule has 0 saturated heterocycles. The Bertz CT molecular complexity index is 568. The lowest BCUT2D eigenvalue weighted by Gasteiger charge is -2.04. The summed E-state index contributed by atoms with van der Waals surface area (Å²) in [5.41, 5.74) is 2.76. The second-order valence-electron chi connectivity index (χ2n) is 3.91. The van der Waals surface area contributed by atoms with E-state index in [1.807, 2.05) is 20.9 Å². The van der Waals surface area contributed by atoms with Crippen LogP contribution in [0.2, 0.25) is 5.15 Å². The Morgan fingerprint density at radius 1 is 1.12 bits per heavy atom. The number of aryl methyl sites for hydroxylation is 3. The molecule has 2 aromatic rings. The van der Waals surface area contributed by atoms with Crippen LogP contribution in [0.4, 0.5) is 4.39 Å². The Hall–Kier alpha value is -1.49. The fourth-order valence-corrected chi connectivity index (χ4v) is 1.95. The molecule has 0 N–H and O–H groups in total. The summed E-state index contributed by atoms with van der Waals surface area (Å²) in [6.07, 6.45) is 0. The number of aromatic nitrogens is 4. The van der Waals surface area contributed by atoms with Gasteiger partial charge in [0.05, 0.1) is 17.0 Å². The number of hydrogen-bond acceptors (Lipinski definition) is 3. The van der Waals surface area contributed by atoms with Gasteiger partial charge in [0, 0.05) is 12.7 Å². The van der Waals surface area contributed by atoms with Crippen LogP contribution in [0.5, 0.6) is 0 Å². The van der Waals surface area contributed by atoms with Gasteiger partial charge in [-0.3, -0.25) is 4.68 Å². The molecular formula is C11H12ClFN4. The van der Waals surface area contributed by atoms with Crippen LogP contribution in [0.1, 0.15) is 17.1 Å². The first-order chi connectivity index (χ1) is 7.91. The maximum Gasteiger partial charge on any atom is 0.181 e. The fraction of sp³-hybridized carbons (Fsp3) is 0.364. The number of halogens is 2. The maximum absolute atomic E-state index is 13.4. The van der Waals surface area contributed by atoms with Crippen LogP contribution in [0.3, 0.4) is 0 Å². The van der Waals surface area contributed by atoms with Gasteiger partial charge in [-0.05, 0) is 20.8 Å². The second-order valence-corrected chi connectivity index (χ2v) is 4.26. The van der Waals surface area contributed by atoms with Gasteiger partial charge in [0.1, 0.15) is 0 Å². The maximum atomic E-state index is 13.4. The van der Waals surface area contributed by atoms with Gasteiger partial charge < -0.3 is 0 Å². The van der Waals surface area contributed by atoms with Crippen LogP contribution in [0.25, 0.3) is 11.4 Å². The summed E-state index contributed by atoms with van der Waals surface area (Å²) < 4.78 is 15.1. The molecule has 0 unspecified atom stereocenters. The molecular weight excluding hydrogens is 243 g/mol. The van der Waals surface area contributed by atoms with Crippen molar-refractivity contribution in [2.24, 2.45) is 7.05 Å². The van der Waals surface area contributed by atoms with Crippen LogP contribution in [-0.4, -0.2) is 19.7 Å². The third-order valence-corrected chi connectivity index (χ3v) is 2.96. The molecule has 0 atom stereocenters. The zero-order chi connectivity index (χ0) is 12.7. The van der Waals surface area contributed by atoms with E-state index >= 15 is 0 Å². The third kappa shape index (κ3) is 1.91. The van der Waals surface area contributed by atoms with Crippen molar-refractivity contribution in [3.8, 4) is 11.4 Å². The van der Waals surface area contributed by atoms with Crippen molar-refractivity contribution in [1.82, 2.24) is 19.7 Å². The van der Waals surface area contributed by atoms with E-state index < -0.39 is 5.82 Å². The van der Waals surface area contributed by atoms with Gasteiger partial charge in [-0.2, -0.15) is 5.10 Å². The van der Waals surface area contributed by atoms with Crippen molar-refractivity contribution < 1.29 is 4.39 Å². The molecule has 2 heterocycles. The normalized spacial score (nSPS) is 10.9. The van der Waals surface area contributed by atoms with E-state index in [1.54, 1.807) is 11.6 Å². The van der Waals surface area contributed by atoms with Crippen molar-refractivity contribution in [1.29, 1.82) is 0 Å². The van der Waals surface area contributed by atoms with E-state index in [0.29, 0.717) is 5.82 Å². The Balaban J connectivity index is 2.69. The highest BCUT2D eigenvalue weighted by atomic mass is 35.5. The topological polar surface area (TPSA) is 43.6 Å². The fourth-order valence-electron chi connectivity index (χ4n) is 1.73. The smallest absolute Gasteiger partial charge is 0.181 e. The molecule has 0 amide bonds. The first kappa shape index (κ1) is 12.0. The minimum absolute atomic E-state index is 0.157. The quantitative estimate of drug-likeness (QED) is 0.735. The molecule has 90 valence electrons. The molecule has 6 heteroatoms. The Labute approximate surface area is 103 Å². The summed E-state index contributed by atoms with van der Waals surface area (Å²) in [5.74, 6) is -0.161. The standard InChI is InChI=1S/C11H12ClFN4/c1-5-8(7(3)17(4)16-5)11-14-6(2)9(13)10(12)15-11/h1-4H3. The first-order valence-corrected chi connectivity index (χ1v) is 5.49. The summed E-state index contributed by atoms with van der Waals surface area (Å²) in [7, 11) is 1.84. The van der Waals surface area contributed by atoms with Crippen molar-refractivity contribution in [3.63, 3.8) is 0 Å². The lowest BCUT2D eigenvalue weighted by Crippen LogP contribution is -1.99. The molecule has 0 aliphatic rings. The molecule has 0 radical (unpaired) electrons. The van der Waals surface area contributed by atoms with Gasteiger partial charge in [0.15, 0.2) is 16.8 Å². The molecule has 0 saturated carbocycles. The molecule has 4 nitrogen and oxygen atoms in total. The highest BCUT2D eigenvalue weighted by molar-refractivity contribution is 6.29. The molecule has 0 aromatic carbocycles. The molecule has 0 aliphatic carbocycles. The summed E-state index contributed by atoms with van der Waals surface area (Å²) in [5, 5.41) is 4.11. The van der Waals surface area contributed by atoms with Crippen molar-refractivity contribution in [3.05, 3.63) is 28.1 Å². The van der Waals surface area contributed by atoms with Crippen molar-refractivity contribution >= 4 is 11.6 Å². The van der Waals surface area contributed by atoms with Gasteiger partial charge >= 0.3 is 0 Å². The summed E-state index contributed by atoms with van der Waals surface area (Å²) in [6.45, 7) is 5.33. The molecule has 0 aliphatic heterocycles. The Morgan fingerprint density at radius 2 is 1.76 bits per heavy atom. The molecule has 0 bridgehead atoms. The van der Waals surface area contributed by atoms with Crippen LogP contribution in [0, 0.1) is 26.6 Å². The van der Waals surface area contributed by atoms with E-state index in [9.17, 15) is 4.39 Å². The Kier molecular flexibility index (Phi) is 2.87. The van der Waals surface area contributed by atoms with E-state index in [2.05, 4.69) is 15.1 Å². The van der Waals surface area contributed by atoms with Crippen LogP contribution in [0.15, 0.2) is 0 Å². The molecule has 17 heavy (non-hydrogen) atoms. The monoisotopic (exact) mass is 254 g/mol. The predicted octanol–water partition coefficient (Wildman–Crippen LogP) is 2.59. The second kappa shape index (κ2) is 4.07. The van der Waals surface area contributed by atoms with Gasteiger partial charge in [-0.1, -0.05) is 11.6 Å². The predicted molar refractivity (Wildman–Crippen MR) is 63.4 cm³/mol. The van der Waals surface area contributed by atoms with E-state index in [1.165, 1.54) is 0 Å². The zero-order valence-electron chi connectivity index (χ0n) is 10.0. The summed E-state index contributed by atoms with van der Waals surface area (Å²) >= 11 is 5.73. The Morgan fingerprint density at radius 3 is 2.24 bits per heavy atom. The first-order valence-electron chi connectivity index (χ1n) is 5.12. The van der Waals surface area contributed by atoms with E-state index in [4.69, 9.17) is 11.6 Å². The highest BCUT2D eigenvalue weighted by Gasteiger charge is 2.17. The average Bonchev–Trinajstić information content (AvgIpc) is 2.49. The average molecular weight is 255 g/mol. The minimum Gasteiger partial charge on any atom is -0.272 e. The number of rotatable bonds is 1. The van der Waals surface area contributed by atoms with E-state index in [-0.39, 0.29) is 10.8 Å². The molecule has 0 fully saturated rings. The third-order valence-electron chi connectivity index (χ3n) is 2.71. The highest BCUT2D eigenvalue weighted by Crippen LogP contribution is 2.26. The van der Waals surface area contributed by atoms with Crippen LogP contribution >= 0.6 is 11.6 Å². The lowest BCUT2D eigenvalue weighted by atomic mass is 10.2. The van der Waals surface area contributed by atoms with Crippen molar-refractivity contribution in [2.45, 2.75) is 20.8 Å². The van der Waals surface area contributed by atoms with Gasteiger partial charge in [0.2, 0.25) is 0 Å². The zero-order valence-corrected chi connectivity index (χ0v) is 10.8. The largest absolute Gasteiger partial charge is 0.272 e.